The summed E-state index contributed by atoms with van der Waals surface area (Å²) in [4.78, 5) is 12.2. The molecular weight excluding hydrogens is 330 g/mol. The molecule has 1 atom stereocenters. The highest BCUT2D eigenvalue weighted by molar-refractivity contribution is 7.89. The third-order valence-corrected chi connectivity index (χ3v) is 4.95. The van der Waals surface area contributed by atoms with Crippen LogP contribution in [0.2, 0.25) is 0 Å². The summed E-state index contributed by atoms with van der Waals surface area (Å²) in [6.07, 6.45) is -0.454. The van der Waals surface area contributed by atoms with Gasteiger partial charge in [0.25, 0.3) is 0 Å². The molecule has 0 radical (unpaired) electrons. The largest absolute Gasteiger partial charge is 0.495 e. The second kappa shape index (κ2) is 7.46. The second-order valence-corrected chi connectivity index (χ2v) is 6.89. The van der Waals surface area contributed by atoms with Crippen LogP contribution in [0.15, 0.2) is 53.4 Å². The van der Waals surface area contributed by atoms with Crippen LogP contribution in [0.3, 0.4) is 0 Å². The van der Waals surface area contributed by atoms with Gasteiger partial charge in [-0.1, -0.05) is 30.3 Å². The summed E-state index contributed by atoms with van der Waals surface area (Å²) in [6.45, 7) is 1.75. The molecule has 0 bridgehead atoms. The summed E-state index contributed by atoms with van der Waals surface area (Å²) in [5.74, 6) is -0.460. The van der Waals surface area contributed by atoms with Gasteiger partial charge in [0.05, 0.1) is 12.7 Å². The lowest BCUT2D eigenvalue weighted by Crippen LogP contribution is -2.20. The lowest BCUT2D eigenvalue weighted by molar-refractivity contribution is 0.0337. The van der Waals surface area contributed by atoms with Crippen LogP contribution < -0.4 is 9.46 Å². The van der Waals surface area contributed by atoms with Crippen LogP contribution in [-0.2, 0) is 14.8 Å². The minimum Gasteiger partial charge on any atom is -0.495 e. The van der Waals surface area contributed by atoms with Gasteiger partial charge in [-0.3, -0.25) is 0 Å². The minimum atomic E-state index is -3.76. The van der Waals surface area contributed by atoms with Crippen molar-refractivity contribution >= 4 is 16.0 Å². The molecule has 0 unspecified atom stereocenters. The van der Waals surface area contributed by atoms with Gasteiger partial charge >= 0.3 is 5.97 Å². The second-order valence-electron chi connectivity index (χ2n) is 5.03. The average molecular weight is 349 g/mol. The molecule has 2 rings (SSSR count). The van der Waals surface area contributed by atoms with Crippen molar-refractivity contribution in [1.29, 1.82) is 0 Å². The van der Waals surface area contributed by atoms with Crippen LogP contribution in [0.25, 0.3) is 0 Å². The van der Waals surface area contributed by atoms with Crippen LogP contribution in [0.4, 0.5) is 0 Å². The number of carbonyl (C=O) groups is 1. The zero-order valence-electron chi connectivity index (χ0n) is 13.6. The number of nitrogens with one attached hydrogen (secondary N) is 1. The van der Waals surface area contributed by atoms with Crippen LogP contribution in [-0.4, -0.2) is 28.5 Å². The summed E-state index contributed by atoms with van der Waals surface area (Å²) in [6, 6.07) is 13.4. The van der Waals surface area contributed by atoms with Gasteiger partial charge in [-0.15, -0.1) is 0 Å². The van der Waals surface area contributed by atoms with Crippen LogP contribution in [0.5, 0.6) is 5.75 Å². The first-order chi connectivity index (χ1) is 11.4. The summed E-state index contributed by atoms with van der Waals surface area (Å²) in [7, 11) is -1.11. The molecule has 1 N–H and O–H groups in total. The fourth-order valence-corrected chi connectivity index (χ4v) is 3.06. The van der Waals surface area contributed by atoms with Crippen LogP contribution >= 0.6 is 0 Å². The van der Waals surface area contributed by atoms with E-state index in [4.69, 9.17) is 9.47 Å². The molecule has 0 saturated heterocycles. The summed E-state index contributed by atoms with van der Waals surface area (Å²) >= 11 is 0. The number of rotatable bonds is 6. The van der Waals surface area contributed by atoms with E-state index in [1.165, 1.54) is 32.4 Å². The third-order valence-electron chi connectivity index (χ3n) is 3.51. The Morgan fingerprint density at radius 1 is 1.12 bits per heavy atom. The number of esters is 1. The molecule has 0 heterocycles. The Kier molecular flexibility index (Phi) is 5.58. The van der Waals surface area contributed by atoms with Crippen molar-refractivity contribution in [2.24, 2.45) is 0 Å². The number of carbonyl (C=O) groups excluding carboxylic acids is 1. The number of benzene rings is 2. The van der Waals surface area contributed by atoms with Crippen LogP contribution in [0.1, 0.15) is 28.9 Å². The van der Waals surface area contributed by atoms with Gasteiger partial charge in [-0.05, 0) is 37.7 Å². The van der Waals surface area contributed by atoms with Crippen molar-refractivity contribution in [1.82, 2.24) is 4.72 Å². The SMILES string of the molecule is CNS(=O)(=O)c1cc(C(=O)O[C@@H](C)c2ccccc2)ccc1OC. The van der Waals surface area contributed by atoms with Gasteiger partial charge < -0.3 is 9.47 Å². The Hall–Kier alpha value is -2.38. The normalized spacial score (nSPS) is 12.5. The monoisotopic (exact) mass is 349 g/mol. The predicted octanol–water partition coefficient (Wildman–Crippen LogP) is 2.52. The topological polar surface area (TPSA) is 81.7 Å². The molecule has 0 spiro atoms. The summed E-state index contributed by atoms with van der Waals surface area (Å²) < 4.78 is 36.8. The molecule has 0 aliphatic carbocycles. The van der Waals surface area contributed by atoms with E-state index in [1.54, 1.807) is 6.92 Å². The van der Waals surface area contributed by atoms with Crippen molar-refractivity contribution in [3.05, 3.63) is 59.7 Å². The molecule has 0 aliphatic heterocycles. The fraction of sp³-hybridized carbons (Fsp3) is 0.235. The smallest absolute Gasteiger partial charge is 0.338 e. The zero-order valence-corrected chi connectivity index (χ0v) is 14.5. The van der Waals surface area contributed by atoms with Crippen molar-refractivity contribution < 1.29 is 22.7 Å². The van der Waals surface area contributed by atoms with E-state index in [2.05, 4.69) is 4.72 Å². The minimum absolute atomic E-state index is 0.116. The molecular formula is C17H19NO5S. The predicted molar refractivity (Wildman–Crippen MR) is 89.5 cm³/mol. The molecule has 6 nitrogen and oxygen atoms in total. The third kappa shape index (κ3) is 3.93. The molecule has 0 saturated carbocycles. The highest BCUT2D eigenvalue weighted by Crippen LogP contribution is 2.26. The Balaban J connectivity index is 2.29. The van der Waals surface area contributed by atoms with Gasteiger partial charge in [0, 0.05) is 0 Å². The maximum absolute atomic E-state index is 12.3. The van der Waals surface area contributed by atoms with E-state index in [1.807, 2.05) is 30.3 Å². The maximum Gasteiger partial charge on any atom is 0.338 e. The molecule has 0 amide bonds. The summed E-state index contributed by atoms with van der Waals surface area (Å²) in [5, 5.41) is 0. The Morgan fingerprint density at radius 2 is 1.79 bits per heavy atom. The van der Waals surface area contributed by atoms with E-state index < -0.39 is 22.1 Å². The van der Waals surface area contributed by atoms with Crippen molar-refractivity contribution in [3.8, 4) is 5.75 Å². The molecule has 2 aromatic rings. The quantitative estimate of drug-likeness (QED) is 0.811. The first kappa shape index (κ1) is 18.0. The lowest BCUT2D eigenvalue weighted by Gasteiger charge is -2.15. The van der Waals surface area contributed by atoms with Gasteiger partial charge in [-0.2, -0.15) is 0 Å². The molecule has 24 heavy (non-hydrogen) atoms. The standard InChI is InChI=1S/C17H19NO5S/c1-12(13-7-5-4-6-8-13)23-17(19)14-9-10-15(22-3)16(11-14)24(20,21)18-2/h4-12,18H,1-3H3/t12-/m0/s1. The molecule has 2 aromatic carbocycles. The number of hydrogen-bond donors (Lipinski definition) is 1. The number of methoxy groups -OCH3 is 1. The van der Waals surface area contributed by atoms with Gasteiger partial charge in [0.2, 0.25) is 10.0 Å². The van der Waals surface area contributed by atoms with E-state index in [0.29, 0.717) is 0 Å². The van der Waals surface area contributed by atoms with Crippen molar-refractivity contribution in [3.63, 3.8) is 0 Å². The van der Waals surface area contributed by atoms with Gasteiger partial charge in [0.1, 0.15) is 16.7 Å². The molecule has 0 aliphatic rings. The van der Waals surface area contributed by atoms with E-state index in [-0.39, 0.29) is 16.2 Å². The number of hydrogen-bond acceptors (Lipinski definition) is 5. The zero-order chi connectivity index (χ0) is 17.7. The Bertz CT molecular complexity index is 818. The van der Waals surface area contributed by atoms with Crippen LogP contribution in [0, 0.1) is 0 Å². The molecule has 7 heteroatoms. The molecule has 0 aromatic heterocycles. The number of ether oxygens (including phenoxy) is 2. The van der Waals surface area contributed by atoms with E-state index in [9.17, 15) is 13.2 Å². The summed E-state index contributed by atoms with van der Waals surface area (Å²) in [5.41, 5.74) is 0.981. The van der Waals surface area contributed by atoms with Gasteiger partial charge in [-0.25, -0.2) is 17.9 Å². The van der Waals surface area contributed by atoms with E-state index in [0.717, 1.165) is 5.56 Å². The number of sulfonamides is 1. The first-order valence-electron chi connectivity index (χ1n) is 7.26. The van der Waals surface area contributed by atoms with Gasteiger partial charge in [0.15, 0.2) is 0 Å². The Morgan fingerprint density at radius 3 is 2.38 bits per heavy atom. The molecule has 128 valence electrons. The van der Waals surface area contributed by atoms with E-state index >= 15 is 0 Å². The lowest BCUT2D eigenvalue weighted by atomic mass is 10.1. The Labute approximate surface area is 141 Å². The van der Waals surface area contributed by atoms with Crippen molar-refractivity contribution in [2.45, 2.75) is 17.9 Å². The first-order valence-corrected chi connectivity index (χ1v) is 8.75. The van der Waals surface area contributed by atoms with Crippen molar-refractivity contribution in [2.75, 3.05) is 14.2 Å². The maximum atomic E-state index is 12.3. The fourth-order valence-electron chi connectivity index (χ4n) is 2.14. The highest BCUT2D eigenvalue weighted by atomic mass is 32.2. The molecule has 0 fully saturated rings. The average Bonchev–Trinajstić information content (AvgIpc) is 2.61. The highest BCUT2D eigenvalue weighted by Gasteiger charge is 2.21.